The Kier molecular flexibility index (Phi) is 7.11. The number of nitrogens with one attached hydrogen (secondary N) is 1. The standard InChI is InChI=1S/C23H20ClN5O7P2/c24-17-5-7-18(8-6-17)35-14-13-29-20-21(25-15-26-23(20)30)27-22(29)16-3-9-19(10-4-16)37(31,32)36-38(33,34)28-11-1-2-12-28/h1-12,15H,13-14H2,(H,31,32)(H,33,34)(H,25,26,30). The Morgan fingerprint density at radius 2 is 1.68 bits per heavy atom. The van der Waals surface area contributed by atoms with Gasteiger partial charge in [-0.25, -0.2) is 18.8 Å². The van der Waals surface area contributed by atoms with Gasteiger partial charge in [-0.2, -0.15) is 0 Å². The van der Waals surface area contributed by atoms with Gasteiger partial charge in [0.15, 0.2) is 11.2 Å². The summed E-state index contributed by atoms with van der Waals surface area (Å²) in [6.07, 6.45) is 3.75. The van der Waals surface area contributed by atoms with Crippen LogP contribution in [0.15, 0.2) is 84.2 Å². The van der Waals surface area contributed by atoms with Crippen LogP contribution < -0.4 is 15.6 Å². The lowest BCUT2D eigenvalue weighted by Crippen LogP contribution is -2.15. The number of nitrogens with zero attached hydrogens (tertiary/aromatic N) is 4. The number of benzene rings is 2. The Morgan fingerprint density at radius 1 is 1.00 bits per heavy atom. The molecule has 3 aromatic heterocycles. The molecule has 2 aromatic carbocycles. The highest BCUT2D eigenvalue weighted by Gasteiger charge is 2.35. The maximum absolute atomic E-state index is 12.8. The van der Waals surface area contributed by atoms with Gasteiger partial charge >= 0.3 is 15.3 Å². The number of hydrogen-bond acceptors (Lipinski definition) is 7. The predicted molar refractivity (Wildman–Crippen MR) is 141 cm³/mol. The Labute approximate surface area is 220 Å². The zero-order valence-corrected chi connectivity index (χ0v) is 22.0. The van der Waals surface area contributed by atoms with Crippen LogP contribution in [0.4, 0.5) is 0 Å². The van der Waals surface area contributed by atoms with Crippen LogP contribution >= 0.6 is 26.9 Å². The highest BCUT2D eigenvalue weighted by molar-refractivity contribution is 7.70. The van der Waals surface area contributed by atoms with E-state index >= 15 is 0 Å². The van der Waals surface area contributed by atoms with Crippen molar-refractivity contribution in [3.63, 3.8) is 0 Å². The molecule has 0 bridgehead atoms. The van der Waals surface area contributed by atoms with Gasteiger partial charge in [-0.15, -0.1) is 0 Å². The summed E-state index contributed by atoms with van der Waals surface area (Å²) in [7, 11) is -9.29. The summed E-state index contributed by atoms with van der Waals surface area (Å²) in [5.74, 6) is 0.959. The fourth-order valence-electron chi connectivity index (χ4n) is 3.72. The first-order valence-corrected chi connectivity index (χ1v) is 14.6. The fourth-order valence-corrected chi connectivity index (χ4v) is 6.74. The van der Waals surface area contributed by atoms with Crippen molar-refractivity contribution in [3.8, 4) is 17.1 Å². The number of halogens is 1. The van der Waals surface area contributed by atoms with E-state index in [9.17, 15) is 23.7 Å². The van der Waals surface area contributed by atoms with Crippen molar-refractivity contribution in [3.05, 3.63) is 94.8 Å². The van der Waals surface area contributed by atoms with Gasteiger partial charge < -0.3 is 24.1 Å². The predicted octanol–water partition coefficient (Wildman–Crippen LogP) is 3.80. The van der Waals surface area contributed by atoms with Crippen molar-refractivity contribution >= 4 is 43.4 Å². The average Bonchev–Trinajstić information content (AvgIpc) is 3.55. The van der Waals surface area contributed by atoms with Crippen LogP contribution in [0.2, 0.25) is 5.02 Å². The Hall–Kier alpha value is -3.50. The van der Waals surface area contributed by atoms with Crippen LogP contribution in [-0.2, 0) is 20.0 Å². The molecule has 0 aliphatic carbocycles. The van der Waals surface area contributed by atoms with Gasteiger partial charge in [-0.1, -0.05) is 23.7 Å². The van der Waals surface area contributed by atoms with Crippen LogP contribution in [0.1, 0.15) is 0 Å². The molecular formula is C23H20ClN5O7P2. The maximum atomic E-state index is 12.8. The van der Waals surface area contributed by atoms with E-state index in [2.05, 4.69) is 15.0 Å². The Balaban J connectivity index is 1.43. The molecule has 0 aliphatic rings. The topological polar surface area (TPSA) is 162 Å². The van der Waals surface area contributed by atoms with E-state index in [1.165, 1.54) is 55.1 Å². The number of H-pyrrole nitrogens is 1. The molecule has 2 atom stereocenters. The lowest BCUT2D eigenvalue weighted by Gasteiger charge is -2.17. The van der Waals surface area contributed by atoms with Crippen molar-refractivity contribution in [2.45, 2.75) is 6.54 Å². The SMILES string of the molecule is O=c1[nH]cnc2nc(-c3ccc(P(=O)(O)OP(=O)(O)n4cccc4)cc3)n(CCOc3ccc(Cl)cc3)c12. The van der Waals surface area contributed by atoms with Gasteiger partial charge in [-0.05, 0) is 48.5 Å². The minimum Gasteiger partial charge on any atom is -0.492 e. The fraction of sp³-hybridized carbons (Fsp3) is 0.0870. The maximum Gasteiger partial charge on any atom is 0.443 e. The molecule has 38 heavy (non-hydrogen) atoms. The van der Waals surface area contributed by atoms with Gasteiger partial charge in [0.25, 0.3) is 5.56 Å². The molecule has 3 N–H and O–H groups in total. The summed E-state index contributed by atoms with van der Waals surface area (Å²) in [4.78, 5) is 44.3. The molecule has 12 nitrogen and oxygen atoms in total. The average molecular weight is 576 g/mol. The zero-order valence-electron chi connectivity index (χ0n) is 19.4. The molecule has 2 unspecified atom stereocenters. The van der Waals surface area contributed by atoms with Crippen molar-refractivity contribution in [1.29, 1.82) is 0 Å². The number of hydrogen-bond donors (Lipinski definition) is 3. The van der Waals surface area contributed by atoms with E-state index in [1.807, 2.05) is 0 Å². The first-order valence-electron chi connectivity index (χ1n) is 11.1. The molecule has 5 rings (SSSR count). The second-order valence-electron chi connectivity index (χ2n) is 8.00. The molecule has 0 saturated heterocycles. The summed E-state index contributed by atoms with van der Waals surface area (Å²) >= 11 is 5.91. The van der Waals surface area contributed by atoms with Crippen molar-refractivity contribution in [2.24, 2.45) is 0 Å². The molecule has 3 heterocycles. The van der Waals surface area contributed by atoms with Crippen molar-refractivity contribution in [2.75, 3.05) is 6.61 Å². The number of aromatic nitrogens is 5. The minimum absolute atomic E-state index is 0.192. The van der Waals surface area contributed by atoms with Gasteiger partial charge in [0.2, 0.25) is 0 Å². The summed E-state index contributed by atoms with van der Waals surface area (Å²) in [5.41, 5.74) is 0.544. The lowest BCUT2D eigenvalue weighted by atomic mass is 10.2. The second kappa shape index (κ2) is 10.3. The quantitative estimate of drug-likeness (QED) is 0.222. The van der Waals surface area contributed by atoms with Gasteiger partial charge in [0.1, 0.15) is 18.2 Å². The van der Waals surface area contributed by atoms with Gasteiger partial charge in [-0.3, -0.25) is 13.7 Å². The normalized spacial score (nSPS) is 14.7. The molecule has 0 fully saturated rings. The largest absolute Gasteiger partial charge is 0.492 e. The Morgan fingerprint density at radius 3 is 2.37 bits per heavy atom. The monoisotopic (exact) mass is 575 g/mol. The van der Waals surface area contributed by atoms with E-state index in [1.54, 1.807) is 28.8 Å². The van der Waals surface area contributed by atoms with E-state index in [4.69, 9.17) is 20.6 Å². The van der Waals surface area contributed by atoms with Crippen molar-refractivity contribution in [1.82, 2.24) is 23.9 Å². The smallest absolute Gasteiger partial charge is 0.443 e. The van der Waals surface area contributed by atoms with Crippen LogP contribution in [0.25, 0.3) is 22.6 Å². The third-order valence-electron chi connectivity index (χ3n) is 5.49. The molecule has 5 aromatic rings. The highest BCUT2D eigenvalue weighted by Crippen LogP contribution is 2.59. The second-order valence-corrected chi connectivity index (χ2v) is 12.1. The molecule has 0 radical (unpaired) electrons. The molecule has 0 amide bonds. The van der Waals surface area contributed by atoms with Crippen LogP contribution in [0.3, 0.4) is 0 Å². The highest BCUT2D eigenvalue weighted by atomic mass is 35.5. The molecule has 0 saturated carbocycles. The lowest BCUT2D eigenvalue weighted by molar-refractivity contribution is 0.300. The zero-order chi connectivity index (χ0) is 26.9. The summed E-state index contributed by atoms with van der Waals surface area (Å²) in [6.45, 7) is 0.425. The molecule has 0 aliphatic heterocycles. The number of ether oxygens (including phenoxy) is 1. The molecule has 196 valence electrons. The first-order chi connectivity index (χ1) is 18.1. The van der Waals surface area contributed by atoms with E-state index in [0.717, 1.165) is 4.34 Å². The number of imidazole rings is 1. The summed E-state index contributed by atoms with van der Waals surface area (Å²) in [6, 6.07) is 15.4. The summed E-state index contributed by atoms with van der Waals surface area (Å²) < 4.78 is 38.3. The van der Waals surface area contributed by atoms with E-state index in [0.29, 0.717) is 22.2 Å². The minimum atomic E-state index is -4.68. The van der Waals surface area contributed by atoms with Gasteiger partial charge in [0, 0.05) is 23.0 Å². The molecule has 15 heteroatoms. The number of rotatable bonds is 9. The van der Waals surface area contributed by atoms with Crippen LogP contribution in [-0.4, -0.2) is 40.3 Å². The van der Waals surface area contributed by atoms with E-state index < -0.39 is 20.9 Å². The third-order valence-corrected chi connectivity index (χ3v) is 9.28. The van der Waals surface area contributed by atoms with Crippen LogP contribution in [0, 0.1) is 0 Å². The molecular weight excluding hydrogens is 556 g/mol. The van der Waals surface area contributed by atoms with Crippen LogP contribution in [0.5, 0.6) is 5.75 Å². The van der Waals surface area contributed by atoms with E-state index in [-0.39, 0.29) is 29.6 Å². The number of fused-ring (bicyclic) bond motifs is 1. The van der Waals surface area contributed by atoms with Crippen molar-refractivity contribution < 1.29 is 28.0 Å². The first kappa shape index (κ1) is 26.1. The third kappa shape index (κ3) is 5.37. The summed E-state index contributed by atoms with van der Waals surface area (Å²) in [5, 5.41) is 0.373. The Bertz CT molecular complexity index is 1740. The molecule has 0 spiro atoms. The van der Waals surface area contributed by atoms with Gasteiger partial charge in [0.05, 0.1) is 18.2 Å². The number of aromatic amines is 1.